The van der Waals surface area contributed by atoms with E-state index in [1.807, 2.05) is 6.07 Å². The second kappa shape index (κ2) is 3.42. The molecule has 0 unspecified atom stereocenters. The highest BCUT2D eigenvalue weighted by Gasteiger charge is 2.07. The summed E-state index contributed by atoms with van der Waals surface area (Å²) in [5.74, 6) is 0. The van der Waals surface area contributed by atoms with E-state index in [-0.39, 0.29) is 12.1 Å². The van der Waals surface area contributed by atoms with E-state index in [0.717, 1.165) is 16.6 Å². The Morgan fingerprint density at radius 1 is 1.47 bits per heavy atom. The van der Waals surface area contributed by atoms with Crippen LogP contribution in [0.1, 0.15) is 5.69 Å². The number of hydrogen-bond acceptors (Lipinski definition) is 3. The van der Waals surface area contributed by atoms with Gasteiger partial charge in [-0.05, 0) is 12.1 Å². The lowest BCUT2D eigenvalue weighted by Gasteiger charge is -1.90. The fourth-order valence-electron chi connectivity index (χ4n) is 1.47. The first-order valence-corrected chi connectivity index (χ1v) is 4.33. The van der Waals surface area contributed by atoms with Crippen molar-refractivity contribution in [3.05, 3.63) is 40.1 Å². The molecule has 0 radical (unpaired) electrons. The number of nitrogens with zero attached hydrogens (tertiary/aromatic N) is 2. The van der Waals surface area contributed by atoms with Gasteiger partial charge in [0.05, 0.1) is 17.4 Å². The van der Waals surface area contributed by atoms with Crippen LogP contribution < -0.4 is 0 Å². The van der Waals surface area contributed by atoms with Gasteiger partial charge in [-0.25, -0.2) is 0 Å². The first-order valence-electron chi connectivity index (χ1n) is 4.33. The van der Waals surface area contributed by atoms with Gasteiger partial charge in [-0.3, -0.25) is 10.1 Å². The summed E-state index contributed by atoms with van der Waals surface area (Å²) >= 11 is 0. The van der Waals surface area contributed by atoms with Crippen molar-refractivity contribution in [2.75, 3.05) is 0 Å². The summed E-state index contributed by atoms with van der Waals surface area (Å²) in [5, 5.41) is 19.8. The molecule has 0 atom stereocenters. The van der Waals surface area contributed by atoms with Crippen LogP contribution in [-0.4, -0.2) is 9.91 Å². The zero-order valence-corrected chi connectivity index (χ0v) is 7.73. The van der Waals surface area contributed by atoms with E-state index in [9.17, 15) is 10.1 Å². The molecule has 0 bridgehead atoms. The fraction of sp³-hybridized carbons (Fsp3) is 0.100. The minimum Gasteiger partial charge on any atom is -0.358 e. The molecule has 0 amide bonds. The molecule has 0 aliphatic carbocycles. The monoisotopic (exact) mass is 201 g/mol. The molecular formula is C10H7N3O2. The Labute approximate surface area is 85.1 Å². The van der Waals surface area contributed by atoms with Gasteiger partial charge in [0.15, 0.2) is 0 Å². The van der Waals surface area contributed by atoms with Gasteiger partial charge in [-0.1, -0.05) is 0 Å². The molecule has 15 heavy (non-hydrogen) atoms. The normalized spacial score (nSPS) is 10.1. The molecular weight excluding hydrogens is 194 g/mol. The number of non-ortho nitro benzene ring substituents is 1. The number of H-pyrrole nitrogens is 1. The van der Waals surface area contributed by atoms with E-state index >= 15 is 0 Å². The minimum atomic E-state index is -0.434. The highest BCUT2D eigenvalue weighted by atomic mass is 16.6. The standard InChI is InChI=1S/C10H7N3O2/c11-4-3-8-5-7-6-9(13(14)15)1-2-10(7)12-8/h1-2,5-6,12H,3H2. The van der Waals surface area contributed by atoms with Crippen LogP contribution in [0.5, 0.6) is 0 Å². The molecule has 0 aliphatic heterocycles. The van der Waals surface area contributed by atoms with Crippen molar-refractivity contribution in [3.63, 3.8) is 0 Å². The molecule has 1 aromatic heterocycles. The predicted octanol–water partition coefficient (Wildman–Crippen LogP) is 2.14. The van der Waals surface area contributed by atoms with E-state index < -0.39 is 4.92 Å². The van der Waals surface area contributed by atoms with Gasteiger partial charge < -0.3 is 4.98 Å². The Balaban J connectivity index is 2.53. The van der Waals surface area contributed by atoms with Crippen LogP contribution >= 0.6 is 0 Å². The van der Waals surface area contributed by atoms with Gasteiger partial charge in [-0.15, -0.1) is 0 Å². The van der Waals surface area contributed by atoms with E-state index in [4.69, 9.17) is 5.26 Å². The molecule has 2 aromatic rings. The van der Waals surface area contributed by atoms with Gasteiger partial charge in [-0.2, -0.15) is 5.26 Å². The van der Waals surface area contributed by atoms with Crippen LogP contribution in [0.25, 0.3) is 10.9 Å². The summed E-state index contributed by atoms with van der Waals surface area (Å²) in [5.41, 5.74) is 1.64. The molecule has 1 heterocycles. The second-order valence-corrected chi connectivity index (χ2v) is 3.16. The maximum Gasteiger partial charge on any atom is 0.270 e. The number of nitriles is 1. The third-order valence-corrected chi connectivity index (χ3v) is 2.14. The molecule has 5 nitrogen and oxygen atoms in total. The van der Waals surface area contributed by atoms with Crippen LogP contribution in [0.2, 0.25) is 0 Å². The van der Waals surface area contributed by atoms with E-state index in [1.54, 1.807) is 12.1 Å². The molecule has 0 aliphatic rings. The highest BCUT2D eigenvalue weighted by molar-refractivity contribution is 5.82. The molecule has 0 fully saturated rings. The van der Waals surface area contributed by atoms with Crippen molar-refractivity contribution in [3.8, 4) is 6.07 Å². The van der Waals surface area contributed by atoms with Crippen LogP contribution in [0.4, 0.5) is 5.69 Å². The number of aromatic amines is 1. The molecule has 2 rings (SSSR count). The van der Waals surface area contributed by atoms with Crippen molar-refractivity contribution in [1.82, 2.24) is 4.98 Å². The first-order chi connectivity index (χ1) is 7.20. The molecule has 5 heteroatoms. The third kappa shape index (κ3) is 1.65. The lowest BCUT2D eigenvalue weighted by atomic mass is 10.2. The van der Waals surface area contributed by atoms with Crippen LogP contribution in [0, 0.1) is 21.4 Å². The quantitative estimate of drug-likeness (QED) is 0.596. The van der Waals surface area contributed by atoms with Crippen LogP contribution in [-0.2, 0) is 6.42 Å². The maximum atomic E-state index is 10.5. The predicted molar refractivity (Wildman–Crippen MR) is 54.3 cm³/mol. The number of benzene rings is 1. The average molecular weight is 201 g/mol. The average Bonchev–Trinajstić information content (AvgIpc) is 2.59. The number of fused-ring (bicyclic) bond motifs is 1. The zero-order chi connectivity index (χ0) is 10.8. The largest absolute Gasteiger partial charge is 0.358 e. The summed E-state index contributed by atoms with van der Waals surface area (Å²) in [6, 6.07) is 8.35. The Bertz CT molecular complexity index is 566. The summed E-state index contributed by atoms with van der Waals surface area (Å²) in [7, 11) is 0. The Kier molecular flexibility index (Phi) is 2.10. The molecule has 0 saturated heterocycles. The van der Waals surface area contributed by atoms with Crippen LogP contribution in [0.15, 0.2) is 24.3 Å². The van der Waals surface area contributed by atoms with Gasteiger partial charge in [0, 0.05) is 28.7 Å². The van der Waals surface area contributed by atoms with Gasteiger partial charge >= 0.3 is 0 Å². The first kappa shape index (κ1) is 9.21. The van der Waals surface area contributed by atoms with Crippen molar-refractivity contribution in [2.45, 2.75) is 6.42 Å². The number of aromatic nitrogens is 1. The Morgan fingerprint density at radius 3 is 2.93 bits per heavy atom. The maximum absolute atomic E-state index is 10.5. The summed E-state index contributed by atoms with van der Waals surface area (Å²) in [4.78, 5) is 13.1. The summed E-state index contributed by atoms with van der Waals surface area (Å²) in [6.45, 7) is 0. The highest BCUT2D eigenvalue weighted by Crippen LogP contribution is 2.21. The second-order valence-electron chi connectivity index (χ2n) is 3.16. The van der Waals surface area contributed by atoms with E-state index in [2.05, 4.69) is 4.98 Å². The number of hydrogen-bond donors (Lipinski definition) is 1. The number of nitro groups is 1. The fourth-order valence-corrected chi connectivity index (χ4v) is 1.47. The smallest absolute Gasteiger partial charge is 0.270 e. The molecule has 0 saturated carbocycles. The SMILES string of the molecule is N#CCc1cc2cc([N+](=O)[O-])ccc2[nH]1. The zero-order valence-electron chi connectivity index (χ0n) is 7.73. The van der Waals surface area contributed by atoms with E-state index in [0.29, 0.717) is 0 Å². The summed E-state index contributed by atoms with van der Waals surface area (Å²) in [6.07, 6.45) is 0.280. The summed E-state index contributed by atoms with van der Waals surface area (Å²) < 4.78 is 0. The number of nitrogens with one attached hydrogen (secondary N) is 1. The molecule has 1 N–H and O–H groups in total. The number of nitro benzene ring substituents is 1. The molecule has 1 aromatic carbocycles. The lowest BCUT2D eigenvalue weighted by molar-refractivity contribution is -0.384. The topological polar surface area (TPSA) is 82.7 Å². The molecule has 74 valence electrons. The van der Waals surface area contributed by atoms with Crippen molar-refractivity contribution in [1.29, 1.82) is 5.26 Å². The van der Waals surface area contributed by atoms with Gasteiger partial charge in [0.1, 0.15) is 0 Å². The Morgan fingerprint density at radius 2 is 2.27 bits per heavy atom. The third-order valence-electron chi connectivity index (χ3n) is 2.14. The lowest BCUT2D eigenvalue weighted by Crippen LogP contribution is -1.86. The van der Waals surface area contributed by atoms with Gasteiger partial charge in [0.25, 0.3) is 5.69 Å². The molecule has 0 spiro atoms. The van der Waals surface area contributed by atoms with Gasteiger partial charge in [0.2, 0.25) is 0 Å². The van der Waals surface area contributed by atoms with Crippen LogP contribution in [0.3, 0.4) is 0 Å². The van der Waals surface area contributed by atoms with Crippen molar-refractivity contribution < 1.29 is 4.92 Å². The Hall–Kier alpha value is -2.35. The van der Waals surface area contributed by atoms with Crippen molar-refractivity contribution >= 4 is 16.6 Å². The minimum absolute atomic E-state index is 0.0602. The number of rotatable bonds is 2. The van der Waals surface area contributed by atoms with Crippen molar-refractivity contribution in [2.24, 2.45) is 0 Å². The van der Waals surface area contributed by atoms with E-state index in [1.165, 1.54) is 12.1 Å².